The van der Waals surface area contributed by atoms with Crippen LogP contribution in [0.2, 0.25) is 0 Å². The Labute approximate surface area is 143 Å². The third-order valence-electron chi connectivity index (χ3n) is 5.45. The first-order valence-corrected chi connectivity index (χ1v) is 9.01. The number of piperidine rings is 1. The van der Waals surface area contributed by atoms with Crippen LogP contribution in [-0.2, 0) is 6.54 Å². The van der Waals surface area contributed by atoms with Gasteiger partial charge in [0.2, 0.25) is 0 Å². The molecule has 1 aliphatic heterocycles. The van der Waals surface area contributed by atoms with Crippen LogP contribution in [0.1, 0.15) is 48.0 Å². The molecule has 5 nitrogen and oxygen atoms in total. The standard InChI is InChI=1S/C19H28N2O3/c22-13-16-6-10-21(11-7-16)12-15-2-4-17(5-3-15)18(23)20-14-19(24)8-1-9-19/h2-5,16,22,24H,1,6-14H2,(H,20,23). The normalized spacial score (nSPS) is 21.2. The predicted octanol–water partition coefficient (Wildman–Crippen LogP) is 1.54. The van der Waals surface area contributed by atoms with Crippen LogP contribution in [0, 0.1) is 5.92 Å². The van der Waals surface area contributed by atoms with E-state index < -0.39 is 5.60 Å². The van der Waals surface area contributed by atoms with Gasteiger partial charge in [0.15, 0.2) is 0 Å². The van der Waals surface area contributed by atoms with E-state index in [4.69, 9.17) is 0 Å². The summed E-state index contributed by atoms with van der Waals surface area (Å²) >= 11 is 0. The maximum atomic E-state index is 12.1. The summed E-state index contributed by atoms with van der Waals surface area (Å²) in [6.07, 6.45) is 4.70. The highest BCUT2D eigenvalue weighted by Crippen LogP contribution is 2.30. The summed E-state index contributed by atoms with van der Waals surface area (Å²) < 4.78 is 0. The van der Waals surface area contributed by atoms with Crippen LogP contribution < -0.4 is 5.32 Å². The summed E-state index contributed by atoms with van der Waals surface area (Å²) in [6, 6.07) is 7.72. The number of aliphatic hydroxyl groups excluding tert-OH is 1. The maximum absolute atomic E-state index is 12.1. The highest BCUT2D eigenvalue weighted by Gasteiger charge is 2.34. The van der Waals surface area contributed by atoms with Crippen molar-refractivity contribution >= 4 is 5.91 Å². The van der Waals surface area contributed by atoms with Gasteiger partial charge in [0.25, 0.3) is 5.91 Å². The number of rotatable bonds is 6. The minimum atomic E-state index is -0.684. The number of amides is 1. The van der Waals surface area contributed by atoms with E-state index in [1.165, 1.54) is 5.56 Å². The molecule has 0 radical (unpaired) electrons. The Kier molecular flexibility index (Phi) is 5.54. The molecule has 1 saturated carbocycles. The van der Waals surface area contributed by atoms with Crippen molar-refractivity contribution in [2.24, 2.45) is 5.92 Å². The summed E-state index contributed by atoms with van der Waals surface area (Å²) in [5, 5.41) is 22.1. The van der Waals surface area contributed by atoms with Crippen molar-refractivity contribution in [2.75, 3.05) is 26.2 Å². The fourth-order valence-electron chi connectivity index (χ4n) is 3.46. The number of nitrogens with zero attached hydrogens (tertiary/aromatic N) is 1. The largest absolute Gasteiger partial charge is 0.396 e. The van der Waals surface area contributed by atoms with E-state index in [2.05, 4.69) is 10.2 Å². The Morgan fingerprint density at radius 2 is 1.88 bits per heavy atom. The fourth-order valence-corrected chi connectivity index (χ4v) is 3.46. The van der Waals surface area contributed by atoms with Gasteiger partial charge in [0.1, 0.15) is 0 Å². The fraction of sp³-hybridized carbons (Fsp3) is 0.632. The Hall–Kier alpha value is -1.43. The predicted molar refractivity (Wildman–Crippen MR) is 92.7 cm³/mol. The Morgan fingerprint density at radius 3 is 2.42 bits per heavy atom. The molecule has 0 atom stereocenters. The molecule has 2 fully saturated rings. The molecule has 1 aliphatic carbocycles. The molecule has 3 N–H and O–H groups in total. The van der Waals surface area contributed by atoms with Gasteiger partial charge in [-0.1, -0.05) is 12.1 Å². The SMILES string of the molecule is O=C(NCC1(O)CCC1)c1ccc(CN2CCC(CO)CC2)cc1. The van der Waals surface area contributed by atoms with Gasteiger partial charge in [-0.15, -0.1) is 0 Å². The van der Waals surface area contributed by atoms with E-state index in [9.17, 15) is 15.0 Å². The number of carbonyl (C=O) groups is 1. The van der Waals surface area contributed by atoms with Crippen molar-refractivity contribution in [3.05, 3.63) is 35.4 Å². The van der Waals surface area contributed by atoms with E-state index in [1.807, 2.05) is 24.3 Å². The summed E-state index contributed by atoms with van der Waals surface area (Å²) in [5.74, 6) is 0.337. The van der Waals surface area contributed by atoms with Crippen LogP contribution in [0.25, 0.3) is 0 Å². The van der Waals surface area contributed by atoms with E-state index in [-0.39, 0.29) is 5.91 Å². The van der Waals surface area contributed by atoms with Gasteiger partial charge in [-0.3, -0.25) is 9.69 Å². The van der Waals surface area contributed by atoms with Gasteiger partial charge in [-0.05, 0) is 68.8 Å². The first-order chi connectivity index (χ1) is 11.6. The lowest BCUT2D eigenvalue weighted by molar-refractivity contribution is -0.0300. The lowest BCUT2D eigenvalue weighted by Gasteiger charge is -2.36. The summed E-state index contributed by atoms with van der Waals surface area (Å²) in [7, 11) is 0. The average molecular weight is 332 g/mol. The summed E-state index contributed by atoms with van der Waals surface area (Å²) in [4.78, 5) is 14.5. The molecule has 1 aromatic carbocycles. The summed E-state index contributed by atoms with van der Waals surface area (Å²) in [5.41, 5.74) is 1.16. The number of carbonyl (C=O) groups excluding carboxylic acids is 1. The minimum Gasteiger partial charge on any atom is -0.396 e. The van der Waals surface area contributed by atoms with Gasteiger partial charge in [-0.2, -0.15) is 0 Å². The molecule has 3 rings (SSSR count). The van der Waals surface area contributed by atoms with Crippen LogP contribution in [-0.4, -0.2) is 52.9 Å². The molecular formula is C19H28N2O3. The molecule has 1 saturated heterocycles. The minimum absolute atomic E-state index is 0.120. The van der Waals surface area contributed by atoms with Crippen molar-refractivity contribution in [1.29, 1.82) is 0 Å². The Morgan fingerprint density at radius 1 is 1.21 bits per heavy atom. The number of likely N-dealkylation sites (tertiary alicyclic amines) is 1. The van der Waals surface area contributed by atoms with Gasteiger partial charge in [-0.25, -0.2) is 0 Å². The molecule has 1 aromatic rings. The molecule has 0 unspecified atom stereocenters. The monoisotopic (exact) mass is 332 g/mol. The number of hydrogen-bond acceptors (Lipinski definition) is 4. The molecule has 1 heterocycles. The van der Waals surface area contributed by atoms with Crippen LogP contribution in [0.5, 0.6) is 0 Å². The highest BCUT2D eigenvalue weighted by atomic mass is 16.3. The Bertz CT molecular complexity index is 546. The van der Waals surface area contributed by atoms with Gasteiger partial charge >= 0.3 is 0 Å². The molecule has 0 spiro atoms. The van der Waals surface area contributed by atoms with Crippen LogP contribution in [0.4, 0.5) is 0 Å². The second-order valence-electron chi connectivity index (χ2n) is 7.36. The number of hydrogen-bond donors (Lipinski definition) is 3. The first-order valence-electron chi connectivity index (χ1n) is 9.01. The molecule has 0 bridgehead atoms. The molecular weight excluding hydrogens is 304 g/mol. The van der Waals surface area contributed by atoms with E-state index in [1.54, 1.807) is 0 Å². The maximum Gasteiger partial charge on any atom is 0.251 e. The molecule has 24 heavy (non-hydrogen) atoms. The van der Waals surface area contributed by atoms with Crippen molar-refractivity contribution in [1.82, 2.24) is 10.2 Å². The van der Waals surface area contributed by atoms with E-state index >= 15 is 0 Å². The van der Waals surface area contributed by atoms with Crippen molar-refractivity contribution in [3.8, 4) is 0 Å². The average Bonchev–Trinajstić information content (AvgIpc) is 2.59. The Balaban J connectivity index is 1.47. The van der Waals surface area contributed by atoms with Crippen LogP contribution in [0.15, 0.2) is 24.3 Å². The molecule has 1 amide bonds. The van der Waals surface area contributed by atoms with Gasteiger partial charge < -0.3 is 15.5 Å². The quantitative estimate of drug-likeness (QED) is 0.739. The molecule has 5 heteroatoms. The zero-order chi connectivity index (χ0) is 17.0. The summed E-state index contributed by atoms with van der Waals surface area (Å²) in [6.45, 7) is 3.57. The lowest BCUT2D eigenvalue weighted by atomic mass is 9.80. The number of benzene rings is 1. The van der Waals surface area contributed by atoms with Crippen molar-refractivity contribution in [2.45, 2.75) is 44.2 Å². The topological polar surface area (TPSA) is 72.8 Å². The van der Waals surface area contributed by atoms with Crippen LogP contribution in [0.3, 0.4) is 0 Å². The molecule has 132 valence electrons. The van der Waals surface area contributed by atoms with Gasteiger partial charge in [0, 0.05) is 25.3 Å². The van der Waals surface area contributed by atoms with Crippen molar-refractivity contribution in [3.63, 3.8) is 0 Å². The molecule has 2 aliphatic rings. The van der Waals surface area contributed by atoms with Crippen molar-refractivity contribution < 1.29 is 15.0 Å². The van der Waals surface area contributed by atoms with E-state index in [0.29, 0.717) is 24.6 Å². The smallest absolute Gasteiger partial charge is 0.251 e. The zero-order valence-electron chi connectivity index (χ0n) is 14.2. The first kappa shape index (κ1) is 17.4. The van der Waals surface area contributed by atoms with Gasteiger partial charge in [0.05, 0.1) is 5.60 Å². The zero-order valence-corrected chi connectivity index (χ0v) is 14.2. The third-order valence-corrected chi connectivity index (χ3v) is 5.45. The number of nitrogens with one attached hydrogen (secondary N) is 1. The van der Waals surface area contributed by atoms with E-state index in [0.717, 1.165) is 51.7 Å². The second kappa shape index (κ2) is 7.64. The number of aliphatic hydroxyl groups is 2. The van der Waals surface area contributed by atoms with Crippen LogP contribution >= 0.6 is 0 Å². The highest BCUT2D eigenvalue weighted by molar-refractivity contribution is 5.94. The second-order valence-corrected chi connectivity index (χ2v) is 7.36. The third kappa shape index (κ3) is 4.35. The lowest BCUT2D eigenvalue weighted by Crippen LogP contribution is -2.47. The molecule has 0 aromatic heterocycles.